The van der Waals surface area contributed by atoms with Crippen molar-refractivity contribution in [3.63, 3.8) is 0 Å². The van der Waals surface area contributed by atoms with Gasteiger partial charge in [0.15, 0.2) is 0 Å². The molecule has 0 spiro atoms. The van der Waals surface area contributed by atoms with Crippen molar-refractivity contribution >= 4 is 11.0 Å². The summed E-state index contributed by atoms with van der Waals surface area (Å²) in [6, 6.07) is 20.5. The second kappa shape index (κ2) is 8.13. The molecule has 1 heterocycles. The van der Waals surface area contributed by atoms with E-state index in [2.05, 4.69) is 43.0 Å². The summed E-state index contributed by atoms with van der Waals surface area (Å²) in [7, 11) is 0. The molecule has 0 N–H and O–H groups in total. The molecule has 3 nitrogen and oxygen atoms in total. The summed E-state index contributed by atoms with van der Waals surface area (Å²) in [5.41, 5.74) is 2.02. The molecule has 2 aromatic carbocycles. The molecule has 24 heavy (non-hydrogen) atoms. The smallest absolute Gasteiger partial charge is 0.140 e. The monoisotopic (exact) mass is 323 g/mol. The van der Waals surface area contributed by atoms with Crippen molar-refractivity contribution in [3.8, 4) is 0 Å². The Labute approximate surface area is 143 Å². The first-order valence-corrected chi connectivity index (χ1v) is 8.69. The molecule has 1 aromatic heterocycles. The van der Waals surface area contributed by atoms with E-state index >= 15 is 0 Å². The van der Waals surface area contributed by atoms with Gasteiger partial charge in [-0.3, -0.25) is 0 Å². The summed E-state index contributed by atoms with van der Waals surface area (Å²) in [4.78, 5) is 2.36. The molecule has 0 bridgehead atoms. The van der Waals surface area contributed by atoms with Crippen LogP contribution in [0.15, 0.2) is 65.1 Å². The number of hydrogen-bond donors (Lipinski definition) is 0. The zero-order valence-electron chi connectivity index (χ0n) is 14.4. The molecule has 3 aromatic rings. The van der Waals surface area contributed by atoms with Crippen molar-refractivity contribution in [2.24, 2.45) is 0 Å². The highest BCUT2D eigenvalue weighted by Gasteiger charge is 2.19. The van der Waals surface area contributed by atoms with Crippen LogP contribution in [0.25, 0.3) is 11.0 Å². The lowest BCUT2D eigenvalue weighted by Crippen LogP contribution is -2.27. The van der Waals surface area contributed by atoms with Gasteiger partial charge in [0, 0.05) is 11.9 Å². The highest BCUT2D eigenvalue weighted by atomic mass is 16.5. The molecule has 126 valence electrons. The van der Waals surface area contributed by atoms with Crippen LogP contribution in [-0.4, -0.2) is 31.1 Å². The second-order valence-corrected chi connectivity index (χ2v) is 5.87. The van der Waals surface area contributed by atoms with Crippen LogP contribution in [0, 0.1) is 0 Å². The normalized spacial score (nSPS) is 12.8. The maximum atomic E-state index is 6.24. The fourth-order valence-corrected chi connectivity index (χ4v) is 2.94. The highest BCUT2D eigenvalue weighted by Crippen LogP contribution is 2.30. The summed E-state index contributed by atoms with van der Waals surface area (Å²) in [5, 5.41) is 1.11. The van der Waals surface area contributed by atoms with Crippen molar-refractivity contribution in [2.75, 3.05) is 26.2 Å². The van der Waals surface area contributed by atoms with Crippen LogP contribution in [-0.2, 0) is 4.74 Å². The Hall–Kier alpha value is -2.10. The van der Waals surface area contributed by atoms with Gasteiger partial charge >= 0.3 is 0 Å². The molecule has 0 aliphatic rings. The fourth-order valence-electron chi connectivity index (χ4n) is 2.94. The number of para-hydroxylation sites is 1. The highest BCUT2D eigenvalue weighted by molar-refractivity contribution is 5.77. The number of likely N-dealkylation sites (N-methyl/N-ethyl adjacent to an activating group) is 1. The van der Waals surface area contributed by atoms with Gasteiger partial charge in [-0.25, -0.2) is 0 Å². The number of nitrogens with zero attached hydrogens (tertiary/aromatic N) is 1. The number of benzene rings is 2. The molecule has 0 radical (unpaired) electrons. The number of hydrogen-bond acceptors (Lipinski definition) is 3. The minimum atomic E-state index is -0.172. The van der Waals surface area contributed by atoms with Crippen LogP contribution in [0.3, 0.4) is 0 Å². The van der Waals surface area contributed by atoms with Gasteiger partial charge in [0.1, 0.15) is 17.4 Å². The van der Waals surface area contributed by atoms with Crippen LogP contribution >= 0.6 is 0 Å². The maximum absolute atomic E-state index is 6.24. The van der Waals surface area contributed by atoms with Crippen LogP contribution < -0.4 is 0 Å². The molecule has 0 amide bonds. The topological polar surface area (TPSA) is 25.6 Å². The maximum Gasteiger partial charge on any atom is 0.140 e. The Morgan fingerprint density at radius 1 is 0.958 bits per heavy atom. The van der Waals surface area contributed by atoms with Gasteiger partial charge in [0.2, 0.25) is 0 Å². The Balaban J connectivity index is 1.82. The molecule has 0 aliphatic carbocycles. The van der Waals surface area contributed by atoms with Gasteiger partial charge in [0.05, 0.1) is 6.61 Å². The molecule has 0 saturated heterocycles. The molecule has 3 rings (SSSR count). The zero-order valence-corrected chi connectivity index (χ0v) is 14.4. The fraction of sp³-hybridized carbons (Fsp3) is 0.333. The quantitative estimate of drug-likeness (QED) is 0.591. The Morgan fingerprint density at radius 2 is 1.67 bits per heavy atom. The van der Waals surface area contributed by atoms with Gasteiger partial charge in [-0.1, -0.05) is 62.4 Å². The summed E-state index contributed by atoms with van der Waals surface area (Å²) >= 11 is 0. The first-order valence-electron chi connectivity index (χ1n) is 8.69. The first kappa shape index (κ1) is 16.7. The van der Waals surface area contributed by atoms with Crippen LogP contribution in [0.1, 0.15) is 31.3 Å². The van der Waals surface area contributed by atoms with E-state index in [4.69, 9.17) is 9.15 Å². The van der Waals surface area contributed by atoms with E-state index in [0.29, 0.717) is 6.61 Å². The minimum absolute atomic E-state index is 0.172. The van der Waals surface area contributed by atoms with E-state index in [1.165, 1.54) is 0 Å². The zero-order chi connectivity index (χ0) is 16.8. The predicted molar refractivity (Wildman–Crippen MR) is 98.2 cm³/mol. The number of ether oxygens (including phenoxy) is 1. The molecule has 0 fully saturated rings. The Morgan fingerprint density at radius 3 is 2.38 bits per heavy atom. The van der Waals surface area contributed by atoms with E-state index in [1.807, 2.05) is 36.4 Å². The largest absolute Gasteiger partial charge is 0.458 e. The van der Waals surface area contributed by atoms with Crippen molar-refractivity contribution in [2.45, 2.75) is 20.0 Å². The third kappa shape index (κ3) is 3.86. The molecule has 0 aliphatic heterocycles. The molecule has 0 saturated carbocycles. The summed E-state index contributed by atoms with van der Waals surface area (Å²) < 4.78 is 12.3. The number of rotatable bonds is 8. The SMILES string of the molecule is CCN(CC)CCOC(c1ccccc1)c1cc2ccccc2o1. The molecular formula is C21H25NO2. The third-order valence-corrected chi connectivity index (χ3v) is 4.39. The molecule has 1 atom stereocenters. The van der Waals surface area contributed by atoms with Crippen molar-refractivity contribution in [3.05, 3.63) is 72.0 Å². The standard InChI is InChI=1S/C21H25NO2/c1-3-22(4-2)14-15-23-21(17-10-6-5-7-11-17)20-16-18-12-8-9-13-19(18)24-20/h5-13,16,21H,3-4,14-15H2,1-2H3. The molecule has 3 heteroatoms. The first-order chi connectivity index (χ1) is 11.8. The predicted octanol–water partition coefficient (Wildman–Crippen LogP) is 4.88. The van der Waals surface area contributed by atoms with E-state index in [1.54, 1.807) is 0 Å². The van der Waals surface area contributed by atoms with E-state index in [0.717, 1.165) is 41.9 Å². The summed E-state index contributed by atoms with van der Waals surface area (Å²) in [5.74, 6) is 0.863. The van der Waals surface area contributed by atoms with Crippen molar-refractivity contribution in [1.82, 2.24) is 4.90 Å². The summed E-state index contributed by atoms with van der Waals surface area (Å²) in [6.45, 7) is 8.05. The van der Waals surface area contributed by atoms with Crippen LogP contribution in [0.2, 0.25) is 0 Å². The van der Waals surface area contributed by atoms with Gasteiger partial charge in [0.25, 0.3) is 0 Å². The van der Waals surface area contributed by atoms with Crippen molar-refractivity contribution < 1.29 is 9.15 Å². The summed E-state index contributed by atoms with van der Waals surface area (Å²) in [6.07, 6.45) is -0.172. The van der Waals surface area contributed by atoms with E-state index in [9.17, 15) is 0 Å². The average Bonchev–Trinajstić information content (AvgIpc) is 3.06. The Kier molecular flexibility index (Phi) is 5.68. The van der Waals surface area contributed by atoms with Crippen molar-refractivity contribution in [1.29, 1.82) is 0 Å². The van der Waals surface area contributed by atoms with Crippen LogP contribution in [0.5, 0.6) is 0 Å². The number of fused-ring (bicyclic) bond motifs is 1. The number of furan rings is 1. The molecule has 1 unspecified atom stereocenters. The third-order valence-electron chi connectivity index (χ3n) is 4.39. The lowest BCUT2D eigenvalue weighted by molar-refractivity contribution is 0.0504. The van der Waals surface area contributed by atoms with E-state index in [-0.39, 0.29) is 6.10 Å². The van der Waals surface area contributed by atoms with E-state index < -0.39 is 0 Å². The average molecular weight is 323 g/mol. The Bertz CT molecular complexity index is 714. The second-order valence-electron chi connectivity index (χ2n) is 5.87. The van der Waals surface area contributed by atoms with Gasteiger partial charge in [-0.05, 0) is 30.8 Å². The van der Waals surface area contributed by atoms with Gasteiger partial charge in [-0.15, -0.1) is 0 Å². The van der Waals surface area contributed by atoms with Gasteiger partial charge in [-0.2, -0.15) is 0 Å². The minimum Gasteiger partial charge on any atom is -0.458 e. The lowest BCUT2D eigenvalue weighted by atomic mass is 10.1. The van der Waals surface area contributed by atoms with Crippen LogP contribution in [0.4, 0.5) is 0 Å². The lowest BCUT2D eigenvalue weighted by Gasteiger charge is -2.21. The van der Waals surface area contributed by atoms with Gasteiger partial charge < -0.3 is 14.1 Å². The molecular weight excluding hydrogens is 298 g/mol.